The second kappa shape index (κ2) is 10.8. The topological polar surface area (TPSA) is 84.7 Å². The molecule has 1 aromatic carbocycles. The number of thioether (sulfide) groups is 1. The van der Waals surface area contributed by atoms with E-state index in [0.29, 0.717) is 29.5 Å². The Balaban J connectivity index is 2.00. The first kappa shape index (κ1) is 22.7. The van der Waals surface area contributed by atoms with Crippen LogP contribution in [0.3, 0.4) is 0 Å². The van der Waals surface area contributed by atoms with Crippen molar-refractivity contribution in [1.82, 2.24) is 15.6 Å². The quantitative estimate of drug-likeness (QED) is 0.196. The Labute approximate surface area is 173 Å². The lowest BCUT2D eigenvalue weighted by Gasteiger charge is -2.24. The summed E-state index contributed by atoms with van der Waals surface area (Å²) in [7, 11) is 1.63. The lowest BCUT2D eigenvalue weighted by Crippen LogP contribution is -2.49. The van der Waals surface area contributed by atoms with Crippen molar-refractivity contribution in [3.05, 3.63) is 65.7 Å². The van der Waals surface area contributed by atoms with Crippen LogP contribution in [0.25, 0.3) is 10.9 Å². The monoisotopic (exact) mass is 417 g/mol. The van der Waals surface area contributed by atoms with Crippen LogP contribution in [-0.2, 0) is 5.92 Å². The van der Waals surface area contributed by atoms with Crippen LogP contribution >= 0.6 is 11.8 Å². The van der Waals surface area contributed by atoms with Crippen molar-refractivity contribution >= 4 is 34.2 Å². The van der Waals surface area contributed by atoms with Crippen molar-refractivity contribution in [1.29, 1.82) is 10.8 Å². The first-order chi connectivity index (χ1) is 13.9. The second-order valence-corrected chi connectivity index (χ2v) is 7.08. The molecule has 154 valence electrons. The zero-order valence-corrected chi connectivity index (χ0v) is 17.2. The Morgan fingerprint density at radius 2 is 2.07 bits per heavy atom. The Kier molecular flexibility index (Phi) is 8.48. The molecule has 2 rings (SSSR count). The summed E-state index contributed by atoms with van der Waals surface area (Å²) < 4.78 is 29.6. The fraction of sp³-hybridized carbons (Fsp3) is 0.286. The number of hydrogen-bond acceptors (Lipinski definition) is 5. The molecular formula is C21H25F2N5S. The zero-order valence-electron chi connectivity index (χ0n) is 16.4. The van der Waals surface area contributed by atoms with Gasteiger partial charge >= 0.3 is 5.92 Å². The number of halogens is 2. The molecule has 0 saturated carbocycles. The standard InChI is InChI=1S/C21H25F2N5S/c1-26-19(11-9-17(24)7-3-4-13-29-2)28-20(25)21(22,23)16-8-10-18-15(14-16)6-5-12-27-18/h3-8,10,12-14,19,24,26H,9,11H2,1-2H3,(H2,25,28)/b7-3+,13-4-,24-17?. The average molecular weight is 418 g/mol. The fourth-order valence-electron chi connectivity index (χ4n) is 2.65. The van der Waals surface area contributed by atoms with Gasteiger partial charge in [-0.3, -0.25) is 10.4 Å². The number of alkyl halides is 2. The van der Waals surface area contributed by atoms with Crippen molar-refractivity contribution in [3.8, 4) is 0 Å². The maximum atomic E-state index is 14.8. The third-order valence-electron chi connectivity index (χ3n) is 4.27. The van der Waals surface area contributed by atoms with E-state index < -0.39 is 17.9 Å². The molecule has 0 aliphatic carbocycles. The van der Waals surface area contributed by atoms with Crippen LogP contribution in [0.1, 0.15) is 18.4 Å². The van der Waals surface area contributed by atoms with Crippen molar-refractivity contribution < 1.29 is 8.78 Å². The Morgan fingerprint density at radius 1 is 1.28 bits per heavy atom. The molecule has 2 aromatic rings. The number of fused-ring (bicyclic) bond motifs is 1. The average Bonchev–Trinajstić information content (AvgIpc) is 2.73. The first-order valence-electron chi connectivity index (χ1n) is 9.07. The number of nitrogens with zero attached hydrogens (tertiary/aromatic N) is 1. The number of aromatic nitrogens is 1. The van der Waals surface area contributed by atoms with Gasteiger partial charge in [0, 0.05) is 22.9 Å². The number of benzene rings is 1. The lowest BCUT2D eigenvalue weighted by molar-refractivity contribution is 0.0692. The van der Waals surface area contributed by atoms with Gasteiger partial charge < -0.3 is 16.0 Å². The van der Waals surface area contributed by atoms with Gasteiger partial charge in [0.05, 0.1) is 11.7 Å². The van der Waals surface area contributed by atoms with Crippen LogP contribution in [0, 0.1) is 10.8 Å². The highest BCUT2D eigenvalue weighted by molar-refractivity contribution is 8.01. The molecule has 4 N–H and O–H groups in total. The summed E-state index contributed by atoms with van der Waals surface area (Å²) >= 11 is 1.56. The van der Waals surface area contributed by atoms with Crippen LogP contribution < -0.4 is 10.6 Å². The summed E-state index contributed by atoms with van der Waals surface area (Å²) in [5.41, 5.74) is 0.748. The molecule has 1 heterocycles. The molecule has 0 amide bonds. The summed E-state index contributed by atoms with van der Waals surface area (Å²) in [5, 5.41) is 23.8. The highest BCUT2D eigenvalue weighted by Gasteiger charge is 2.38. The molecule has 0 aliphatic heterocycles. The molecule has 0 aliphatic rings. The summed E-state index contributed by atoms with van der Waals surface area (Å²) in [6.07, 6.45) is 9.06. The minimum Gasteiger partial charge on any atom is -0.353 e. The summed E-state index contributed by atoms with van der Waals surface area (Å²) in [4.78, 5) is 4.13. The summed E-state index contributed by atoms with van der Waals surface area (Å²) in [5.74, 6) is -4.35. The summed E-state index contributed by atoms with van der Waals surface area (Å²) in [6, 6.07) is 7.58. The predicted molar refractivity (Wildman–Crippen MR) is 118 cm³/mol. The van der Waals surface area contributed by atoms with E-state index >= 15 is 0 Å². The van der Waals surface area contributed by atoms with E-state index in [1.54, 1.807) is 49.3 Å². The second-order valence-electron chi connectivity index (χ2n) is 6.33. The van der Waals surface area contributed by atoms with Gasteiger partial charge in [0.2, 0.25) is 0 Å². The van der Waals surface area contributed by atoms with Crippen LogP contribution in [-0.4, -0.2) is 36.0 Å². The number of nitrogens with one attached hydrogen (secondary N) is 4. The number of allylic oxidation sites excluding steroid dienone is 3. The third kappa shape index (κ3) is 6.47. The van der Waals surface area contributed by atoms with Crippen LogP contribution in [0.2, 0.25) is 0 Å². The van der Waals surface area contributed by atoms with Gasteiger partial charge in [-0.15, -0.1) is 11.8 Å². The molecule has 0 bridgehead atoms. The van der Waals surface area contributed by atoms with Gasteiger partial charge in [-0.2, -0.15) is 8.78 Å². The van der Waals surface area contributed by atoms with Crippen LogP contribution in [0.4, 0.5) is 8.78 Å². The Hall–Kier alpha value is -2.58. The van der Waals surface area contributed by atoms with E-state index in [0.717, 1.165) is 0 Å². The molecule has 8 heteroatoms. The lowest BCUT2D eigenvalue weighted by atomic mass is 10.0. The van der Waals surface area contributed by atoms with Gasteiger partial charge in [0.25, 0.3) is 0 Å². The van der Waals surface area contributed by atoms with Crippen molar-refractivity contribution in [3.63, 3.8) is 0 Å². The number of rotatable bonds is 10. The highest BCUT2D eigenvalue weighted by Crippen LogP contribution is 2.30. The van der Waals surface area contributed by atoms with Gasteiger partial charge in [-0.1, -0.05) is 24.3 Å². The number of amidine groups is 1. The maximum absolute atomic E-state index is 14.8. The Bertz CT molecular complexity index is 911. The van der Waals surface area contributed by atoms with Gasteiger partial charge in [0.15, 0.2) is 5.84 Å². The molecule has 0 radical (unpaired) electrons. The van der Waals surface area contributed by atoms with Crippen molar-refractivity contribution in [2.75, 3.05) is 13.3 Å². The minimum absolute atomic E-state index is 0.262. The van der Waals surface area contributed by atoms with E-state index in [1.165, 1.54) is 18.2 Å². The molecule has 5 nitrogen and oxygen atoms in total. The highest BCUT2D eigenvalue weighted by atomic mass is 32.2. The van der Waals surface area contributed by atoms with Crippen LogP contribution in [0.5, 0.6) is 0 Å². The molecule has 1 aromatic heterocycles. The minimum atomic E-state index is -3.46. The molecule has 0 spiro atoms. The molecule has 0 saturated heterocycles. The molecular weight excluding hydrogens is 392 g/mol. The first-order valence-corrected chi connectivity index (χ1v) is 10.4. The van der Waals surface area contributed by atoms with E-state index in [1.807, 2.05) is 17.7 Å². The largest absolute Gasteiger partial charge is 0.353 e. The molecule has 29 heavy (non-hydrogen) atoms. The summed E-state index contributed by atoms with van der Waals surface area (Å²) in [6.45, 7) is 0. The van der Waals surface area contributed by atoms with E-state index in [9.17, 15) is 8.78 Å². The number of hydrogen-bond donors (Lipinski definition) is 4. The van der Waals surface area contributed by atoms with Crippen molar-refractivity contribution in [2.24, 2.45) is 0 Å². The Morgan fingerprint density at radius 3 is 2.79 bits per heavy atom. The smallest absolute Gasteiger partial charge is 0.329 e. The fourth-order valence-corrected chi connectivity index (χ4v) is 2.90. The third-order valence-corrected chi connectivity index (χ3v) is 4.70. The van der Waals surface area contributed by atoms with Crippen molar-refractivity contribution in [2.45, 2.75) is 24.9 Å². The van der Waals surface area contributed by atoms with E-state index in [-0.39, 0.29) is 5.56 Å². The van der Waals surface area contributed by atoms with E-state index in [4.69, 9.17) is 10.8 Å². The normalized spacial score (nSPS) is 13.2. The molecule has 1 unspecified atom stereocenters. The SMILES string of the molecule is CNC(CCC(=N)/C=C/C=C\SC)NC(=N)C(F)(F)c1ccc2ncccc2c1. The van der Waals surface area contributed by atoms with Gasteiger partial charge in [-0.05, 0) is 55.8 Å². The van der Waals surface area contributed by atoms with Crippen LogP contribution in [0.15, 0.2) is 60.2 Å². The number of pyridine rings is 1. The molecule has 1 atom stereocenters. The zero-order chi connectivity index (χ0) is 21.3. The predicted octanol–water partition coefficient (Wildman–Crippen LogP) is 4.67. The maximum Gasteiger partial charge on any atom is 0.329 e. The van der Waals surface area contributed by atoms with Gasteiger partial charge in [-0.25, -0.2) is 0 Å². The van der Waals surface area contributed by atoms with Gasteiger partial charge in [0.1, 0.15) is 0 Å². The molecule has 0 fully saturated rings. The van der Waals surface area contributed by atoms with E-state index in [2.05, 4.69) is 15.6 Å².